The summed E-state index contributed by atoms with van der Waals surface area (Å²) in [6.07, 6.45) is 0. The van der Waals surface area contributed by atoms with Gasteiger partial charge in [-0.25, -0.2) is 4.98 Å². The minimum absolute atomic E-state index is 0.0484. The molecule has 0 spiro atoms. The maximum absolute atomic E-state index is 12.5. The van der Waals surface area contributed by atoms with Crippen molar-refractivity contribution in [1.29, 1.82) is 0 Å². The van der Waals surface area contributed by atoms with E-state index in [4.69, 9.17) is 4.18 Å². The summed E-state index contributed by atoms with van der Waals surface area (Å²) in [5.74, 6) is 0.286. The van der Waals surface area contributed by atoms with Gasteiger partial charge in [0.25, 0.3) is 0 Å². The Labute approximate surface area is 129 Å². The van der Waals surface area contributed by atoms with Gasteiger partial charge in [0.2, 0.25) is 0 Å². The third-order valence-corrected chi connectivity index (χ3v) is 4.60. The fourth-order valence-corrected chi connectivity index (χ4v) is 3.39. The highest BCUT2D eigenvalue weighted by Gasteiger charge is 2.22. The maximum atomic E-state index is 12.5. The number of para-hydroxylation sites is 1. The van der Waals surface area contributed by atoms with Gasteiger partial charge in [-0.05, 0) is 49.2 Å². The number of fused-ring (bicyclic) bond motifs is 1. The van der Waals surface area contributed by atoms with Gasteiger partial charge in [0.15, 0.2) is 5.03 Å². The Kier molecular flexibility index (Phi) is 3.58. The monoisotopic (exact) mass is 313 g/mol. The van der Waals surface area contributed by atoms with Crippen molar-refractivity contribution in [3.05, 3.63) is 65.7 Å². The van der Waals surface area contributed by atoms with E-state index in [1.54, 1.807) is 37.3 Å². The minimum atomic E-state index is -3.96. The first-order valence-corrected chi connectivity index (χ1v) is 8.24. The zero-order valence-corrected chi connectivity index (χ0v) is 13.1. The highest BCUT2D eigenvalue weighted by Crippen LogP contribution is 2.23. The normalized spacial score (nSPS) is 11.5. The molecule has 2 aromatic carbocycles. The molecule has 1 heterocycles. The molecule has 0 aliphatic heterocycles. The number of benzene rings is 2. The van der Waals surface area contributed by atoms with Gasteiger partial charge in [0.1, 0.15) is 5.75 Å². The van der Waals surface area contributed by atoms with Crippen LogP contribution in [0.3, 0.4) is 0 Å². The zero-order valence-electron chi connectivity index (χ0n) is 12.3. The Bertz CT molecular complexity index is 949. The summed E-state index contributed by atoms with van der Waals surface area (Å²) < 4.78 is 30.2. The highest BCUT2D eigenvalue weighted by atomic mass is 32.2. The Hall–Kier alpha value is -2.40. The van der Waals surface area contributed by atoms with Gasteiger partial charge in [-0.1, -0.05) is 30.3 Å². The van der Waals surface area contributed by atoms with Crippen LogP contribution in [0.1, 0.15) is 11.1 Å². The number of aryl methyl sites for hydroxylation is 2. The maximum Gasteiger partial charge on any atom is 0.357 e. The molecule has 0 saturated carbocycles. The molecule has 0 fully saturated rings. The van der Waals surface area contributed by atoms with E-state index < -0.39 is 10.1 Å². The third-order valence-electron chi connectivity index (χ3n) is 3.30. The number of hydrogen-bond acceptors (Lipinski definition) is 4. The predicted octanol–water partition coefficient (Wildman–Crippen LogP) is 3.62. The van der Waals surface area contributed by atoms with Gasteiger partial charge in [0, 0.05) is 5.39 Å². The SMILES string of the molecule is Cc1cccc(OS(=O)(=O)c2nc3ccccc3cc2C)c1. The van der Waals surface area contributed by atoms with Crippen molar-refractivity contribution in [3.63, 3.8) is 0 Å². The number of rotatable bonds is 3. The van der Waals surface area contributed by atoms with E-state index in [9.17, 15) is 8.42 Å². The first-order chi connectivity index (χ1) is 10.5. The third kappa shape index (κ3) is 2.80. The van der Waals surface area contributed by atoms with Crippen molar-refractivity contribution in [2.24, 2.45) is 0 Å². The van der Waals surface area contributed by atoms with Crippen LogP contribution in [0, 0.1) is 13.8 Å². The molecule has 0 unspecified atom stereocenters. The minimum Gasteiger partial charge on any atom is -0.378 e. The molecule has 0 saturated heterocycles. The first kappa shape index (κ1) is 14.5. The van der Waals surface area contributed by atoms with E-state index in [1.807, 2.05) is 31.2 Å². The summed E-state index contributed by atoms with van der Waals surface area (Å²) in [6.45, 7) is 3.59. The number of nitrogens with zero attached hydrogens (tertiary/aromatic N) is 1. The van der Waals surface area contributed by atoms with Gasteiger partial charge in [0.05, 0.1) is 5.52 Å². The second kappa shape index (κ2) is 5.42. The number of hydrogen-bond donors (Lipinski definition) is 0. The van der Waals surface area contributed by atoms with Crippen molar-refractivity contribution in [2.75, 3.05) is 0 Å². The fraction of sp³-hybridized carbons (Fsp3) is 0.118. The van der Waals surface area contributed by atoms with Crippen molar-refractivity contribution >= 4 is 21.0 Å². The van der Waals surface area contributed by atoms with Crippen LogP contribution in [0.4, 0.5) is 0 Å². The van der Waals surface area contributed by atoms with Gasteiger partial charge in [-0.2, -0.15) is 8.42 Å². The predicted molar refractivity (Wildman–Crippen MR) is 85.5 cm³/mol. The van der Waals surface area contributed by atoms with Crippen LogP contribution < -0.4 is 4.18 Å². The molecule has 0 aliphatic rings. The second-order valence-electron chi connectivity index (χ2n) is 5.16. The van der Waals surface area contributed by atoms with E-state index in [-0.39, 0.29) is 10.8 Å². The van der Waals surface area contributed by atoms with Crippen LogP contribution in [0.5, 0.6) is 5.75 Å². The number of aromatic nitrogens is 1. The summed E-state index contributed by atoms with van der Waals surface area (Å²) in [4.78, 5) is 4.25. The Morgan fingerprint density at radius 3 is 2.50 bits per heavy atom. The molecule has 0 bridgehead atoms. The molecule has 0 N–H and O–H groups in total. The molecule has 0 radical (unpaired) electrons. The average molecular weight is 313 g/mol. The lowest BCUT2D eigenvalue weighted by molar-refractivity contribution is 0.482. The van der Waals surface area contributed by atoms with E-state index in [0.29, 0.717) is 11.1 Å². The Morgan fingerprint density at radius 2 is 1.73 bits per heavy atom. The summed E-state index contributed by atoms with van der Waals surface area (Å²) in [6, 6.07) is 16.1. The van der Waals surface area contributed by atoms with Crippen molar-refractivity contribution < 1.29 is 12.6 Å². The quantitative estimate of drug-likeness (QED) is 0.693. The smallest absolute Gasteiger partial charge is 0.357 e. The van der Waals surface area contributed by atoms with E-state index in [2.05, 4.69) is 4.98 Å². The molecular weight excluding hydrogens is 298 g/mol. The van der Waals surface area contributed by atoms with Crippen LogP contribution in [-0.4, -0.2) is 13.4 Å². The molecule has 22 heavy (non-hydrogen) atoms. The van der Waals surface area contributed by atoms with Crippen LogP contribution in [0.25, 0.3) is 10.9 Å². The molecule has 112 valence electrons. The standard InChI is InChI=1S/C17H15NO3S/c1-12-6-5-8-15(10-12)21-22(19,20)17-13(2)11-14-7-3-4-9-16(14)18-17/h3-11H,1-2H3. The van der Waals surface area contributed by atoms with Crippen molar-refractivity contribution in [1.82, 2.24) is 4.98 Å². The summed E-state index contributed by atoms with van der Waals surface area (Å²) >= 11 is 0. The fourth-order valence-electron chi connectivity index (χ4n) is 2.29. The molecule has 0 atom stereocenters. The van der Waals surface area contributed by atoms with Gasteiger partial charge >= 0.3 is 10.1 Å². The van der Waals surface area contributed by atoms with Gasteiger partial charge < -0.3 is 4.18 Å². The molecule has 0 aliphatic carbocycles. The van der Waals surface area contributed by atoms with Gasteiger partial charge in [-0.15, -0.1) is 0 Å². The molecule has 4 nitrogen and oxygen atoms in total. The largest absolute Gasteiger partial charge is 0.378 e. The lowest BCUT2D eigenvalue weighted by Crippen LogP contribution is -2.13. The Morgan fingerprint density at radius 1 is 0.955 bits per heavy atom. The zero-order chi connectivity index (χ0) is 15.7. The van der Waals surface area contributed by atoms with E-state index in [0.717, 1.165) is 10.9 Å². The van der Waals surface area contributed by atoms with Crippen LogP contribution in [0.15, 0.2) is 59.6 Å². The van der Waals surface area contributed by atoms with Gasteiger partial charge in [-0.3, -0.25) is 0 Å². The van der Waals surface area contributed by atoms with Crippen molar-refractivity contribution in [2.45, 2.75) is 18.9 Å². The number of pyridine rings is 1. The molecule has 1 aromatic heterocycles. The summed E-state index contributed by atoms with van der Waals surface area (Å²) in [5, 5.41) is 0.849. The lowest BCUT2D eigenvalue weighted by Gasteiger charge is -2.10. The van der Waals surface area contributed by atoms with Crippen molar-refractivity contribution in [3.8, 4) is 5.75 Å². The molecular formula is C17H15NO3S. The van der Waals surface area contributed by atoms with Crippen LogP contribution in [-0.2, 0) is 10.1 Å². The van der Waals surface area contributed by atoms with Crippen LogP contribution >= 0.6 is 0 Å². The molecule has 5 heteroatoms. The van der Waals surface area contributed by atoms with E-state index in [1.165, 1.54) is 0 Å². The first-order valence-electron chi connectivity index (χ1n) is 6.83. The molecule has 3 aromatic rings. The highest BCUT2D eigenvalue weighted by molar-refractivity contribution is 7.87. The average Bonchev–Trinajstić information content (AvgIpc) is 2.46. The topological polar surface area (TPSA) is 56.3 Å². The lowest BCUT2D eigenvalue weighted by atomic mass is 10.2. The molecule has 3 rings (SSSR count). The second-order valence-corrected chi connectivity index (χ2v) is 6.62. The molecule has 0 amide bonds. The Balaban J connectivity index is 2.07. The summed E-state index contributed by atoms with van der Waals surface area (Å²) in [5.41, 5.74) is 2.11. The summed E-state index contributed by atoms with van der Waals surface area (Å²) in [7, 11) is -3.96. The van der Waals surface area contributed by atoms with Crippen LogP contribution in [0.2, 0.25) is 0 Å². The van der Waals surface area contributed by atoms with E-state index >= 15 is 0 Å².